The number of carbonyl (C=O) groups excluding carboxylic acids is 2. The van der Waals surface area contributed by atoms with E-state index >= 15 is 0 Å². The van der Waals surface area contributed by atoms with E-state index in [1.54, 1.807) is 24.3 Å². The Morgan fingerprint density at radius 1 is 1.17 bits per heavy atom. The maximum Gasteiger partial charge on any atom is 0.374 e. The highest BCUT2D eigenvalue weighted by Crippen LogP contribution is 2.21. The van der Waals surface area contributed by atoms with Crippen LogP contribution in [0.25, 0.3) is 11.0 Å². The average Bonchev–Trinajstić information content (AvgIpc) is 3.00. The van der Waals surface area contributed by atoms with Gasteiger partial charge in [0.25, 0.3) is 5.91 Å². The SMILES string of the molecule is Cc1ccc(NC(=O)COC(=O)c2cc3ccccc3o2)cc1Br. The predicted octanol–water partition coefficient (Wildman–Crippen LogP) is 4.30. The number of aryl methyl sites for hydroxylation is 1. The average molecular weight is 388 g/mol. The molecule has 0 aliphatic rings. The van der Waals surface area contributed by atoms with E-state index < -0.39 is 11.9 Å². The van der Waals surface area contributed by atoms with E-state index in [1.807, 2.05) is 31.2 Å². The third kappa shape index (κ3) is 3.65. The quantitative estimate of drug-likeness (QED) is 0.677. The summed E-state index contributed by atoms with van der Waals surface area (Å²) in [5.41, 5.74) is 2.28. The molecule has 5 nitrogen and oxygen atoms in total. The van der Waals surface area contributed by atoms with Crippen molar-refractivity contribution in [3.05, 3.63) is 64.3 Å². The number of hydrogen-bond donors (Lipinski definition) is 1. The van der Waals surface area contributed by atoms with Gasteiger partial charge in [-0.3, -0.25) is 4.79 Å². The molecule has 0 bridgehead atoms. The highest BCUT2D eigenvalue weighted by atomic mass is 79.9. The Labute approximate surface area is 146 Å². The van der Waals surface area contributed by atoms with E-state index in [0.717, 1.165) is 15.4 Å². The third-order valence-electron chi connectivity index (χ3n) is 3.42. The maximum absolute atomic E-state index is 12.0. The number of nitrogens with one attached hydrogen (secondary N) is 1. The van der Waals surface area contributed by atoms with Crippen molar-refractivity contribution in [3.8, 4) is 0 Å². The van der Waals surface area contributed by atoms with E-state index in [4.69, 9.17) is 9.15 Å². The van der Waals surface area contributed by atoms with Gasteiger partial charge in [0.15, 0.2) is 6.61 Å². The van der Waals surface area contributed by atoms with E-state index in [9.17, 15) is 9.59 Å². The molecular weight excluding hydrogens is 374 g/mol. The fourth-order valence-corrected chi connectivity index (χ4v) is 2.53. The molecule has 0 aliphatic heterocycles. The Morgan fingerprint density at radius 2 is 1.96 bits per heavy atom. The highest BCUT2D eigenvalue weighted by molar-refractivity contribution is 9.10. The minimum Gasteiger partial charge on any atom is -0.450 e. The summed E-state index contributed by atoms with van der Waals surface area (Å²) in [6, 6.07) is 14.3. The summed E-state index contributed by atoms with van der Waals surface area (Å²) in [6.45, 7) is 1.56. The number of furan rings is 1. The topological polar surface area (TPSA) is 68.5 Å². The van der Waals surface area contributed by atoms with Crippen LogP contribution in [0.4, 0.5) is 5.69 Å². The van der Waals surface area contributed by atoms with Crippen LogP contribution in [0.5, 0.6) is 0 Å². The van der Waals surface area contributed by atoms with Gasteiger partial charge in [0, 0.05) is 15.5 Å². The minimum atomic E-state index is -0.675. The van der Waals surface area contributed by atoms with E-state index in [-0.39, 0.29) is 12.4 Å². The second-order valence-corrected chi connectivity index (χ2v) is 6.09. The normalized spacial score (nSPS) is 10.6. The van der Waals surface area contributed by atoms with Crippen LogP contribution < -0.4 is 5.32 Å². The van der Waals surface area contributed by atoms with E-state index in [0.29, 0.717) is 11.3 Å². The summed E-state index contributed by atoms with van der Waals surface area (Å²) in [4.78, 5) is 23.8. The van der Waals surface area contributed by atoms with Crippen molar-refractivity contribution in [2.75, 3.05) is 11.9 Å². The number of rotatable bonds is 4. The Morgan fingerprint density at radius 3 is 2.71 bits per heavy atom. The molecule has 24 heavy (non-hydrogen) atoms. The zero-order valence-corrected chi connectivity index (χ0v) is 14.4. The number of benzene rings is 2. The molecule has 0 fully saturated rings. The van der Waals surface area contributed by atoms with Crippen molar-refractivity contribution < 1.29 is 18.7 Å². The van der Waals surface area contributed by atoms with Gasteiger partial charge in [0.1, 0.15) is 5.58 Å². The molecule has 0 radical (unpaired) electrons. The maximum atomic E-state index is 12.0. The lowest BCUT2D eigenvalue weighted by atomic mass is 10.2. The van der Waals surface area contributed by atoms with E-state index in [2.05, 4.69) is 21.2 Å². The van der Waals surface area contributed by atoms with Crippen LogP contribution >= 0.6 is 15.9 Å². The first-order valence-electron chi connectivity index (χ1n) is 7.24. The fourth-order valence-electron chi connectivity index (χ4n) is 2.15. The molecule has 122 valence electrons. The zero-order valence-electron chi connectivity index (χ0n) is 12.8. The van der Waals surface area contributed by atoms with Gasteiger partial charge in [-0.1, -0.05) is 40.2 Å². The van der Waals surface area contributed by atoms with E-state index in [1.165, 1.54) is 0 Å². The number of ether oxygens (including phenoxy) is 1. The molecule has 1 amide bonds. The molecule has 1 heterocycles. The lowest BCUT2D eigenvalue weighted by molar-refractivity contribution is -0.119. The van der Waals surface area contributed by atoms with Crippen molar-refractivity contribution in [1.82, 2.24) is 0 Å². The summed E-state index contributed by atoms with van der Waals surface area (Å²) in [7, 11) is 0. The molecule has 2 aromatic carbocycles. The number of para-hydroxylation sites is 1. The highest BCUT2D eigenvalue weighted by Gasteiger charge is 2.15. The Kier molecular flexibility index (Phi) is 4.66. The molecule has 0 spiro atoms. The molecule has 0 saturated heterocycles. The summed E-state index contributed by atoms with van der Waals surface area (Å²) in [6.07, 6.45) is 0. The van der Waals surface area contributed by atoms with Crippen LogP contribution in [0.1, 0.15) is 16.1 Å². The van der Waals surface area contributed by atoms with Gasteiger partial charge in [-0.2, -0.15) is 0 Å². The van der Waals surface area contributed by atoms with Gasteiger partial charge in [-0.05, 0) is 36.8 Å². The summed E-state index contributed by atoms with van der Waals surface area (Å²) >= 11 is 3.40. The number of esters is 1. The predicted molar refractivity (Wildman–Crippen MR) is 94.0 cm³/mol. The zero-order chi connectivity index (χ0) is 17.1. The second kappa shape index (κ2) is 6.88. The van der Waals surface area contributed by atoms with Gasteiger partial charge < -0.3 is 14.5 Å². The van der Waals surface area contributed by atoms with Crippen LogP contribution in [0.15, 0.2) is 57.4 Å². The second-order valence-electron chi connectivity index (χ2n) is 5.24. The number of fused-ring (bicyclic) bond motifs is 1. The first-order chi connectivity index (χ1) is 11.5. The Hall–Kier alpha value is -2.60. The summed E-state index contributed by atoms with van der Waals surface area (Å²) in [5.74, 6) is -1.02. The molecule has 0 unspecified atom stereocenters. The van der Waals surface area contributed by atoms with Crippen LogP contribution in [0, 0.1) is 6.92 Å². The van der Waals surface area contributed by atoms with Gasteiger partial charge in [-0.15, -0.1) is 0 Å². The van der Waals surface area contributed by atoms with Crippen molar-refractivity contribution in [3.63, 3.8) is 0 Å². The van der Waals surface area contributed by atoms with Crippen molar-refractivity contribution in [2.45, 2.75) is 6.92 Å². The lowest BCUT2D eigenvalue weighted by Gasteiger charge is -2.07. The Balaban J connectivity index is 1.59. The largest absolute Gasteiger partial charge is 0.450 e. The van der Waals surface area contributed by atoms with Crippen LogP contribution in [0.2, 0.25) is 0 Å². The number of carbonyl (C=O) groups is 2. The number of amides is 1. The third-order valence-corrected chi connectivity index (χ3v) is 4.27. The molecule has 0 atom stereocenters. The smallest absolute Gasteiger partial charge is 0.374 e. The number of anilines is 1. The first-order valence-corrected chi connectivity index (χ1v) is 8.04. The molecule has 1 N–H and O–H groups in total. The lowest BCUT2D eigenvalue weighted by Crippen LogP contribution is -2.20. The van der Waals surface area contributed by atoms with Crippen LogP contribution in [-0.4, -0.2) is 18.5 Å². The van der Waals surface area contributed by atoms with Crippen molar-refractivity contribution in [1.29, 1.82) is 0 Å². The fraction of sp³-hybridized carbons (Fsp3) is 0.111. The number of halogens is 1. The standard InChI is InChI=1S/C18H14BrNO4/c1-11-6-7-13(9-14(11)19)20-17(21)10-23-18(22)16-8-12-4-2-3-5-15(12)24-16/h2-9H,10H2,1H3,(H,20,21). The first kappa shape index (κ1) is 16.3. The molecule has 0 aliphatic carbocycles. The summed E-state index contributed by atoms with van der Waals surface area (Å²) < 4.78 is 11.3. The molecule has 0 saturated carbocycles. The summed E-state index contributed by atoms with van der Waals surface area (Å²) in [5, 5.41) is 3.47. The van der Waals surface area contributed by atoms with Crippen molar-refractivity contribution in [2.24, 2.45) is 0 Å². The Bertz CT molecular complexity index is 883. The molecule has 1 aromatic heterocycles. The molecule has 6 heteroatoms. The van der Waals surface area contributed by atoms with Crippen molar-refractivity contribution >= 4 is 44.5 Å². The van der Waals surface area contributed by atoms with Gasteiger partial charge in [-0.25, -0.2) is 4.79 Å². The molecule has 3 aromatic rings. The minimum absolute atomic E-state index is 0.0714. The van der Waals surface area contributed by atoms with Gasteiger partial charge >= 0.3 is 5.97 Å². The van der Waals surface area contributed by atoms with Crippen LogP contribution in [0.3, 0.4) is 0 Å². The monoisotopic (exact) mass is 387 g/mol. The van der Waals surface area contributed by atoms with Gasteiger partial charge in [0.05, 0.1) is 0 Å². The van der Waals surface area contributed by atoms with Crippen LogP contribution in [-0.2, 0) is 9.53 Å². The molecule has 3 rings (SSSR count). The van der Waals surface area contributed by atoms with Gasteiger partial charge in [0.2, 0.25) is 5.76 Å². The number of hydrogen-bond acceptors (Lipinski definition) is 4. The molecular formula is C18H14BrNO4.